The van der Waals surface area contributed by atoms with E-state index in [0.717, 1.165) is 6.42 Å². The Hall–Kier alpha value is -0.772. The molecule has 0 radical (unpaired) electrons. The first kappa shape index (κ1) is 22.5. The van der Waals surface area contributed by atoms with E-state index in [1.165, 1.54) is 10.4 Å². The van der Waals surface area contributed by atoms with E-state index in [1.54, 1.807) is 0 Å². The van der Waals surface area contributed by atoms with Crippen LogP contribution in [-0.4, -0.2) is 33.8 Å². The molecule has 2 aliphatic rings. The van der Waals surface area contributed by atoms with Gasteiger partial charge in [0.15, 0.2) is 0 Å². The van der Waals surface area contributed by atoms with Crippen molar-refractivity contribution >= 4 is 33.8 Å². The van der Waals surface area contributed by atoms with E-state index in [9.17, 15) is 0 Å². The largest absolute Gasteiger partial charge is 0.433 e. The average Bonchev–Trinajstić information content (AvgIpc) is 2.86. The fourth-order valence-corrected chi connectivity index (χ4v) is 22.3. The second-order valence-electron chi connectivity index (χ2n) is 8.89. The van der Waals surface area contributed by atoms with Crippen LogP contribution in [0.3, 0.4) is 0 Å². The Morgan fingerprint density at radius 3 is 1.96 bits per heavy atom. The third kappa shape index (κ3) is 6.65. The van der Waals surface area contributed by atoms with Crippen LogP contribution < -0.4 is 0 Å². The lowest BCUT2D eigenvalue weighted by molar-refractivity contribution is 0.332. The van der Waals surface area contributed by atoms with Gasteiger partial charge in [0.25, 0.3) is 0 Å². The van der Waals surface area contributed by atoms with Crippen LogP contribution in [0.15, 0.2) is 64.7 Å². The highest BCUT2D eigenvalue weighted by Crippen LogP contribution is 2.30. The van der Waals surface area contributed by atoms with Crippen LogP contribution >= 0.6 is 0 Å². The van der Waals surface area contributed by atoms with Crippen molar-refractivity contribution in [2.24, 2.45) is 0 Å². The van der Waals surface area contributed by atoms with Crippen molar-refractivity contribution in [1.29, 1.82) is 0 Å². The second kappa shape index (κ2) is 8.30. The van der Waals surface area contributed by atoms with E-state index in [0.29, 0.717) is 0 Å². The highest BCUT2D eigenvalue weighted by molar-refractivity contribution is 6.92. The zero-order valence-corrected chi connectivity index (χ0v) is 22.1. The molecule has 0 fully saturated rings. The molecule has 0 N–H and O–H groups in total. The average molecular weight is 435 g/mol. The highest BCUT2D eigenvalue weighted by Gasteiger charge is 2.44. The zero-order chi connectivity index (χ0) is 20.3. The molecule has 3 nitrogen and oxygen atoms in total. The molecule has 0 spiro atoms. The minimum atomic E-state index is -2.34. The van der Waals surface area contributed by atoms with Crippen molar-refractivity contribution in [3.63, 3.8) is 0 Å². The maximum absolute atomic E-state index is 6.73. The molecule has 2 rings (SSSR count). The Bertz CT molecular complexity index is 749. The van der Waals surface area contributed by atoms with Gasteiger partial charge in [0.05, 0.1) is 0 Å². The lowest BCUT2D eigenvalue weighted by Gasteiger charge is -2.41. The Kier molecular flexibility index (Phi) is 6.93. The van der Waals surface area contributed by atoms with E-state index in [4.69, 9.17) is 12.3 Å². The summed E-state index contributed by atoms with van der Waals surface area (Å²) in [5, 5.41) is 2.53. The van der Waals surface area contributed by atoms with Gasteiger partial charge in [-0.1, -0.05) is 42.5 Å². The van der Waals surface area contributed by atoms with Gasteiger partial charge in [-0.3, -0.25) is 0 Å². The molecule has 0 aliphatic heterocycles. The molecule has 2 aliphatic carbocycles. The normalized spacial score (nSPS) is 17.9. The Labute approximate surface area is 169 Å². The van der Waals surface area contributed by atoms with Crippen LogP contribution in [-0.2, 0) is 12.3 Å². The molecule has 0 saturated heterocycles. The third-order valence-electron chi connectivity index (χ3n) is 4.43. The minimum absolute atomic E-state index is 0.963. The number of hydrogen-bond donors (Lipinski definition) is 0. The van der Waals surface area contributed by atoms with Gasteiger partial charge in [-0.05, 0) is 70.1 Å². The standard InChI is InChI=1S/C20H34O3Si4/c1-24(2,19-15-11-9-10-12-16-19)21-26(5,6)23-27(7,8)22-25(3,4)20-17-13-14-18-20/h9-11,13-17H,12H2,1-8H3. The molecular formula is C20H34O3Si4. The molecule has 148 valence electrons. The number of hydrogen-bond acceptors (Lipinski definition) is 3. The molecule has 0 heterocycles. The minimum Gasteiger partial charge on any atom is -0.433 e. The van der Waals surface area contributed by atoms with Gasteiger partial charge < -0.3 is 12.3 Å². The Balaban J connectivity index is 2.08. The topological polar surface area (TPSA) is 27.7 Å². The molecule has 7 heteroatoms. The van der Waals surface area contributed by atoms with Gasteiger partial charge in [0, 0.05) is 5.20 Å². The maximum Gasteiger partial charge on any atom is 0.312 e. The predicted octanol–water partition coefficient (Wildman–Crippen LogP) is 6.02. The van der Waals surface area contributed by atoms with Gasteiger partial charge in [-0.15, -0.1) is 5.73 Å². The summed E-state index contributed by atoms with van der Waals surface area (Å²) in [6.45, 7) is 17.6. The Morgan fingerprint density at radius 2 is 1.37 bits per heavy atom. The summed E-state index contributed by atoms with van der Waals surface area (Å²) in [4.78, 5) is 0. The Morgan fingerprint density at radius 1 is 0.741 bits per heavy atom. The predicted molar refractivity (Wildman–Crippen MR) is 125 cm³/mol. The molecule has 0 aromatic rings. The summed E-state index contributed by atoms with van der Waals surface area (Å²) in [5.41, 5.74) is 3.32. The summed E-state index contributed by atoms with van der Waals surface area (Å²) in [6.07, 6.45) is 17.9. The van der Waals surface area contributed by atoms with Crippen molar-refractivity contribution < 1.29 is 12.3 Å². The summed E-state index contributed by atoms with van der Waals surface area (Å²) in [6, 6.07) is 0. The van der Waals surface area contributed by atoms with Crippen molar-refractivity contribution in [3.8, 4) is 0 Å². The molecular weight excluding hydrogens is 401 g/mol. The third-order valence-corrected chi connectivity index (χ3v) is 19.7. The van der Waals surface area contributed by atoms with E-state index in [1.807, 2.05) is 12.2 Å². The van der Waals surface area contributed by atoms with Gasteiger partial charge in [0.1, 0.15) is 0 Å². The van der Waals surface area contributed by atoms with Crippen LogP contribution in [0, 0.1) is 0 Å². The summed E-state index contributed by atoms with van der Waals surface area (Å²) >= 11 is 0. The molecule has 0 amide bonds. The quantitative estimate of drug-likeness (QED) is 0.345. The van der Waals surface area contributed by atoms with Gasteiger partial charge in [0.2, 0.25) is 16.6 Å². The van der Waals surface area contributed by atoms with E-state index < -0.39 is 33.8 Å². The summed E-state index contributed by atoms with van der Waals surface area (Å²) < 4.78 is 20.0. The van der Waals surface area contributed by atoms with E-state index in [2.05, 4.69) is 94.6 Å². The first-order valence-electron chi connectivity index (χ1n) is 9.61. The second-order valence-corrected chi connectivity index (χ2v) is 24.1. The first-order chi connectivity index (χ1) is 12.3. The SMILES string of the molecule is C[Si](C)(O[Si](C)(C)O[Si](C)(C)C1=CCC=CC=C1)O[Si](C)(C)C1=C=CC=C1. The molecule has 0 unspecified atom stereocenters. The van der Waals surface area contributed by atoms with Gasteiger partial charge in [-0.2, -0.15) is 0 Å². The zero-order valence-electron chi connectivity index (χ0n) is 18.1. The van der Waals surface area contributed by atoms with Crippen LogP contribution in [0.5, 0.6) is 0 Å². The number of allylic oxidation sites excluding steroid dienone is 9. The van der Waals surface area contributed by atoms with Crippen molar-refractivity contribution in [1.82, 2.24) is 0 Å². The molecule has 0 aromatic carbocycles. The fraction of sp³-hybridized carbons (Fsp3) is 0.450. The van der Waals surface area contributed by atoms with Crippen LogP contribution in [0.25, 0.3) is 0 Å². The molecule has 0 aromatic heterocycles. The van der Waals surface area contributed by atoms with Crippen molar-refractivity contribution in [3.05, 3.63) is 64.7 Å². The van der Waals surface area contributed by atoms with Gasteiger partial charge >= 0.3 is 17.1 Å². The fourth-order valence-electron chi connectivity index (χ4n) is 3.71. The molecule has 27 heavy (non-hydrogen) atoms. The molecule has 0 saturated carbocycles. The lowest BCUT2D eigenvalue weighted by Crippen LogP contribution is -2.57. The molecule has 0 atom stereocenters. The van der Waals surface area contributed by atoms with Crippen LogP contribution in [0.2, 0.25) is 52.4 Å². The first-order valence-corrected chi connectivity index (χ1v) is 21.1. The van der Waals surface area contributed by atoms with Gasteiger partial charge in [-0.25, -0.2) is 0 Å². The van der Waals surface area contributed by atoms with Crippen LogP contribution in [0.1, 0.15) is 6.42 Å². The summed E-state index contributed by atoms with van der Waals surface area (Å²) in [5.74, 6) is 0. The highest BCUT2D eigenvalue weighted by atomic mass is 28.5. The summed E-state index contributed by atoms with van der Waals surface area (Å²) in [7, 11) is -8.75. The van der Waals surface area contributed by atoms with E-state index >= 15 is 0 Å². The number of rotatable bonds is 8. The van der Waals surface area contributed by atoms with Crippen molar-refractivity contribution in [2.75, 3.05) is 0 Å². The smallest absolute Gasteiger partial charge is 0.312 e. The lowest BCUT2D eigenvalue weighted by atomic mass is 10.4. The monoisotopic (exact) mass is 434 g/mol. The van der Waals surface area contributed by atoms with Crippen LogP contribution in [0.4, 0.5) is 0 Å². The molecule has 0 bridgehead atoms. The van der Waals surface area contributed by atoms with E-state index in [-0.39, 0.29) is 0 Å². The van der Waals surface area contributed by atoms with Crippen molar-refractivity contribution in [2.45, 2.75) is 58.8 Å². The maximum atomic E-state index is 6.73.